The molecule has 1 unspecified atom stereocenters. The Morgan fingerprint density at radius 2 is 2.21 bits per heavy atom. The first kappa shape index (κ1) is 13.7. The van der Waals surface area contributed by atoms with E-state index in [1.807, 2.05) is 24.3 Å². The lowest BCUT2D eigenvalue weighted by atomic mass is 10.1. The summed E-state index contributed by atoms with van der Waals surface area (Å²) in [7, 11) is 1.62. The Bertz CT molecular complexity index is 419. The van der Waals surface area contributed by atoms with Gasteiger partial charge in [0.05, 0.1) is 13.2 Å². The van der Waals surface area contributed by atoms with Crippen LogP contribution in [0.3, 0.4) is 0 Å². The van der Waals surface area contributed by atoms with Crippen LogP contribution in [0.4, 0.5) is 4.79 Å². The van der Waals surface area contributed by atoms with E-state index in [0.29, 0.717) is 19.6 Å². The predicted octanol–water partition coefficient (Wildman–Crippen LogP) is 1.36. The Morgan fingerprint density at radius 1 is 1.47 bits per heavy atom. The molecule has 5 heteroatoms. The van der Waals surface area contributed by atoms with E-state index < -0.39 is 0 Å². The highest BCUT2D eigenvalue weighted by molar-refractivity contribution is 5.74. The van der Waals surface area contributed by atoms with Crippen molar-refractivity contribution in [3.63, 3.8) is 0 Å². The molecular weight excluding hydrogens is 244 g/mol. The molecular formula is C14H20N2O3. The van der Waals surface area contributed by atoms with Gasteiger partial charge >= 0.3 is 6.03 Å². The molecule has 1 heterocycles. The van der Waals surface area contributed by atoms with E-state index in [9.17, 15) is 9.90 Å². The highest BCUT2D eigenvalue weighted by Crippen LogP contribution is 2.12. The second kappa shape index (κ2) is 6.43. The number of nitrogens with one attached hydrogen (secondary N) is 1. The predicted molar refractivity (Wildman–Crippen MR) is 72.0 cm³/mol. The summed E-state index contributed by atoms with van der Waals surface area (Å²) < 4.78 is 5.08. The third kappa shape index (κ3) is 3.86. The summed E-state index contributed by atoms with van der Waals surface area (Å²) in [5, 5.41) is 12.4. The van der Waals surface area contributed by atoms with Gasteiger partial charge in [0.15, 0.2) is 0 Å². The molecule has 1 saturated heterocycles. The number of carbonyl (C=O) groups excluding carboxylic acids is 1. The Kier molecular flexibility index (Phi) is 4.63. The minimum atomic E-state index is -0.388. The number of piperidine rings is 1. The first-order chi connectivity index (χ1) is 9.19. The van der Waals surface area contributed by atoms with E-state index in [0.717, 1.165) is 24.2 Å². The molecule has 0 aromatic heterocycles. The minimum absolute atomic E-state index is 0.116. The molecule has 1 aliphatic heterocycles. The van der Waals surface area contributed by atoms with Gasteiger partial charge < -0.3 is 20.1 Å². The molecule has 0 saturated carbocycles. The first-order valence-corrected chi connectivity index (χ1v) is 6.53. The van der Waals surface area contributed by atoms with E-state index in [1.54, 1.807) is 12.0 Å². The Labute approximate surface area is 113 Å². The summed E-state index contributed by atoms with van der Waals surface area (Å²) >= 11 is 0. The fourth-order valence-corrected chi connectivity index (χ4v) is 2.17. The minimum Gasteiger partial charge on any atom is -0.497 e. The van der Waals surface area contributed by atoms with Gasteiger partial charge in [-0.1, -0.05) is 12.1 Å². The molecule has 2 amide bonds. The van der Waals surface area contributed by atoms with Gasteiger partial charge in [0.25, 0.3) is 0 Å². The summed E-state index contributed by atoms with van der Waals surface area (Å²) in [6.07, 6.45) is 1.25. The Hall–Kier alpha value is -1.75. The number of benzene rings is 1. The number of carbonyl (C=O) groups is 1. The Morgan fingerprint density at radius 3 is 2.84 bits per heavy atom. The second-order valence-corrected chi connectivity index (χ2v) is 4.75. The third-order valence-corrected chi connectivity index (χ3v) is 3.29. The number of amides is 2. The smallest absolute Gasteiger partial charge is 0.317 e. The molecule has 0 aliphatic carbocycles. The number of methoxy groups -OCH3 is 1. The zero-order valence-electron chi connectivity index (χ0n) is 11.1. The summed E-state index contributed by atoms with van der Waals surface area (Å²) in [4.78, 5) is 13.6. The van der Waals surface area contributed by atoms with Crippen LogP contribution >= 0.6 is 0 Å². The van der Waals surface area contributed by atoms with Crippen molar-refractivity contribution in [3.8, 4) is 5.75 Å². The molecule has 0 spiro atoms. The molecule has 104 valence electrons. The quantitative estimate of drug-likeness (QED) is 0.866. The van der Waals surface area contributed by atoms with Gasteiger partial charge in [0, 0.05) is 19.6 Å². The van der Waals surface area contributed by atoms with Gasteiger partial charge in [0.2, 0.25) is 0 Å². The van der Waals surface area contributed by atoms with E-state index in [4.69, 9.17) is 4.74 Å². The fourth-order valence-electron chi connectivity index (χ4n) is 2.17. The van der Waals surface area contributed by atoms with Crippen molar-refractivity contribution >= 4 is 6.03 Å². The summed E-state index contributed by atoms with van der Waals surface area (Å²) in [6.45, 7) is 1.62. The second-order valence-electron chi connectivity index (χ2n) is 4.75. The Balaban J connectivity index is 1.82. The van der Waals surface area contributed by atoms with Crippen molar-refractivity contribution in [3.05, 3.63) is 29.8 Å². The van der Waals surface area contributed by atoms with Crippen LogP contribution in [0.1, 0.15) is 18.4 Å². The molecule has 2 N–H and O–H groups in total. The molecule has 1 aliphatic rings. The van der Waals surface area contributed by atoms with Crippen molar-refractivity contribution in [2.45, 2.75) is 25.5 Å². The van der Waals surface area contributed by atoms with Gasteiger partial charge in [-0.3, -0.25) is 0 Å². The van der Waals surface area contributed by atoms with Crippen LogP contribution in [0.5, 0.6) is 5.75 Å². The number of hydrogen-bond donors (Lipinski definition) is 2. The SMILES string of the molecule is COc1ccc(CNC(=O)N2CCCC(O)C2)cc1. The number of urea groups is 1. The molecule has 1 aromatic rings. The average Bonchev–Trinajstić information content (AvgIpc) is 2.45. The van der Waals surface area contributed by atoms with Gasteiger partial charge in [-0.25, -0.2) is 4.79 Å². The number of hydrogen-bond acceptors (Lipinski definition) is 3. The lowest BCUT2D eigenvalue weighted by Gasteiger charge is -2.30. The summed E-state index contributed by atoms with van der Waals surface area (Å²) in [6, 6.07) is 7.46. The van der Waals surface area contributed by atoms with Crippen molar-refractivity contribution in [2.75, 3.05) is 20.2 Å². The molecule has 1 aromatic carbocycles. The summed E-state index contributed by atoms with van der Waals surface area (Å²) in [5.74, 6) is 0.800. The zero-order valence-corrected chi connectivity index (χ0v) is 11.1. The van der Waals surface area contributed by atoms with Crippen LogP contribution in [0.2, 0.25) is 0 Å². The number of nitrogens with zero attached hydrogens (tertiary/aromatic N) is 1. The van der Waals surface area contributed by atoms with Crippen LogP contribution in [-0.4, -0.2) is 42.3 Å². The number of ether oxygens (including phenoxy) is 1. The number of aliphatic hydroxyl groups is 1. The maximum Gasteiger partial charge on any atom is 0.317 e. The highest BCUT2D eigenvalue weighted by atomic mass is 16.5. The molecule has 1 atom stereocenters. The van der Waals surface area contributed by atoms with Crippen molar-refractivity contribution < 1.29 is 14.6 Å². The standard InChI is InChI=1S/C14H20N2O3/c1-19-13-6-4-11(5-7-13)9-15-14(18)16-8-2-3-12(17)10-16/h4-7,12,17H,2-3,8-10H2,1H3,(H,15,18). The molecule has 0 bridgehead atoms. The maximum atomic E-state index is 11.9. The van der Waals surface area contributed by atoms with E-state index >= 15 is 0 Å². The normalized spacial score (nSPS) is 19.1. The maximum absolute atomic E-state index is 11.9. The fraction of sp³-hybridized carbons (Fsp3) is 0.500. The number of β-amino-alcohol motifs (C(OH)–C–C–N with tert-alkyl or cyclic N) is 1. The van der Waals surface area contributed by atoms with E-state index in [2.05, 4.69) is 5.32 Å². The number of likely N-dealkylation sites (tertiary alicyclic amines) is 1. The van der Waals surface area contributed by atoms with E-state index in [-0.39, 0.29) is 12.1 Å². The molecule has 19 heavy (non-hydrogen) atoms. The van der Waals surface area contributed by atoms with Crippen molar-refractivity contribution in [2.24, 2.45) is 0 Å². The van der Waals surface area contributed by atoms with Gasteiger partial charge in [0.1, 0.15) is 5.75 Å². The summed E-state index contributed by atoms with van der Waals surface area (Å²) in [5.41, 5.74) is 1.02. The van der Waals surface area contributed by atoms with Gasteiger partial charge in [-0.2, -0.15) is 0 Å². The van der Waals surface area contributed by atoms with Crippen molar-refractivity contribution in [1.29, 1.82) is 0 Å². The monoisotopic (exact) mass is 264 g/mol. The lowest BCUT2D eigenvalue weighted by molar-refractivity contribution is 0.0842. The van der Waals surface area contributed by atoms with Crippen molar-refractivity contribution in [1.82, 2.24) is 10.2 Å². The first-order valence-electron chi connectivity index (χ1n) is 6.53. The van der Waals surface area contributed by atoms with Crippen LogP contribution in [0.15, 0.2) is 24.3 Å². The zero-order chi connectivity index (χ0) is 13.7. The van der Waals surface area contributed by atoms with Crippen LogP contribution in [0.25, 0.3) is 0 Å². The largest absolute Gasteiger partial charge is 0.497 e. The lowest BCUT2D eigenvalue weighted by Crippen LogP contribution is -2.46. The average molecular weight is 264 g/mol. The topological polar surface area (TPSA) is 61.8 Å². The molecule has 5 nitrogen and oxygen atoms in total. The third-order valence-electron chi connectivity index (χ3n) is 3.29. The highest BCUT2D eigenvalue weighted by Gasteiger charge is 2.21. The number of aliphatic hydroxyl groups excluding tert-OH is 1. The number of rotatable bonds is 3. The van der Waals surface area contributed by atoms with Crippen LogP contribution in [0, 0.1) is 0 Å². The van der Waals surface area contributed by atoms with Crippen LogP contribution < -0.4 is 10.1 Å². The van der Waals surface area contributed by atoms with Crippen LogP contribution in [-0.2, 0) is 6.54 Å². The molecule has 0 radical (unpaired) electrons. The van der Waals surface area contributed by atoms with E-state index in [1.165, 1.54) is 0 Å². The molecule has 2 rings (SSSR count). The van der Waals surface area contributed by atoms with Gasteiger partial charge in [-0.05, 0) is 30.5 Å². The van der Waals surface area contributed by atoms with Gasteiger partial charge in [-0.15, -0.1) is 0 Å². The molecule has 1 fully saturated rings.